The Labute approximate surface area is 178 Å². The van der Waals surface area contributed by atoms with Gasteiger partial charge in [0, 0.05) is 5.02 Å². The number of nitrogens with one attached hydrogen (secondary N) is 2. The van der Waals surface area contributed by atoms with Gasteiger partial charge < -0.3 is 9.47 Å². The molecule has 1 aromatic rings. The summed E-state index contributed by atoms with van der Waals surface area (Å²) in [5.41, 5.74) is -2.52. The number of guanidine groups is 1. The topological polar surface area (TPSA) is 89.0 Å². The number of hydrogen-bond donors (Lipinski definition) is 2. The first-order valence-electron chi connectivity index (χ1n) is 8.86. The predicted molar refractivity (Wildman–Crippen MR) is 106 cm³/mol. The Bertz CT molecular complexity index is 781. The van der Waals surface area contributed by atoms with Gasteiger partial charge in [-0.15, -0.1) is 0 Å². The maximum absolute atomic E-state index is 12.9. The highest BCUT2D eigenvalue weighted by atomic mass is 35.5. The van der Waals surface area contributed by atoms with Crippen molar-refractivity contribution in [2.75, 3.05) is 0 Å². The highest BCUT2D eigenvalue weighted by molar-refractivity contribution is 6.31. The Hall–Kier alpha value is -2.49. The van der Waals surface area contributed by atoms with E-state index in [1.807, 2.05) is 0 Å². The quantitative estimate of drug-likeness (QED) is 0.474. The van der Waals surface area contributed by atoms with Gasteiger partial charge in [0.25, 0.3) is 0 Å². The fourth-order valence-electron chi connectivity index (χ4n) is 1.95. The zero-order chi connectivity index (χ0) is 23.3. The molecule has 0 aliphatic rings. The molecule has 0 fully saturated rings. The predicted octanol–water partition coefficient (Wildman–Crippen LogP) is 5.26. The third-order valence-electron chi connectivity index (χ3n) is 3.02. The van der Waals surface area contributed by atoms with Crippen LogP contribution in [-0.2, 0) is 22.2 Å². The lowest BCUT2D eigenvalue weighted by atomic mass is 10.1. The van der Waals surface area contributed by atoms with Crippen LogP contribution in [0.25, 0.3) is 0 Å². The van der Waals surface area contributed by atoms with Gasteiger partial charge in [-0.05, 0) is 65.3 Å². The first kappa shape index (κ1) is 25.5. The first-order valence-corrected chi connectivity index (χ1v) is 9.24. The Morgan fingerprint density at radius 1 is 0.967 bits per heavy atom. The molecule has 0 radical (unpaired) electrons. The van der Waals surface area contributed by atoms with Crippen molar-refractivity contribution in [1.29, 1.82) is 0 Å². The number of rotatable bonds is 2. The van der Waals surface area contributed by atoms with E-state index in [9.17, 15) is 22.8 Å². The van der Waals surface area contributed by atoms with Crippen LogP contribution >= 0.6 is 11.6 Å². The lowest BCUT2D eigenvalue weighted by Crippen LogP contribution is -2.47. The third-order valence-corrected chi connectivity index (χ3v) is 3.39. The van der Waals surface area contributed by atoms with E-state index >= 15 is 0 Å². The molecule has 1 aromatic carbocycles. The molecule has 7 nitrogen and oxygen atoms in total. The highest BCUT2D eigenvalue weighted by Gasteiger charge is 2.31. The molecule has 2 amide bonds. The van der Waals surface area contributed by atoms with Crippen LogP contribution in [0.5, 0.6) is 0 Å². The van der Waals surface area contributed by atoms with E-state index in [4.69, 9.17) is 21.1 Å². The Balaban J connectivity index is 3.10. The van der Waals surface area contributed by atoms with Crippen molar-refractivity contribution in [1.82, 2.24) is 10.6 Å². The Morgan fingerprint density at radius 3 is 1.83 bits per heavy atom. The summed E-state index contributed by atoms with van der Waals surface area (Å²) in [5.74, 6) is -0.369. The van der Waals surface area contributed by atoms with E-state index in [1.54, 1.807) is 41.5 Å². The molecule has 0 spiro atoms. The van der Waals surface area contributed by atoms with Crippen molar-refractivity contribution in [2.24, 2.45) is 4.99 Å². The molecule has 0 unspecified atom stereocenters. The van der Waals surface area contributed by atoms with Gasteiger partial charge in [-0.2, -0.15) is 13.2 Å². The minimum absolute atomic E-state index is 0.0423. The van der Waals surface area contributed by atoms with Crippen LogP contribution in [0.4, 0.5) is 22.8 Å². The van der Waals surface area contributed by atoms with Crippen LogP contribution < -0.4 is 10.6 Å². The summed E-state index contributed by atoms with van der Waals surface area (Å²) in [7, 11) is 0. The maximum Gasteiger partial charge on any atom is 0.416 e. The summed E-state index contributed by atoms with van der Waals surface area (Å²) in [5, 5.41) is 4.52. The van der Waals surface area contributed by atoms with Gasteiger partial charge in [0.05, 0.1) is 12.1 Å². The summed E-state index contributed by atoms with van der Waals surface area (Å²) in [6, 6.07) is 2.77. The fourth-order valence-corrected chi connectivity index (χ4v) is 2.12. The molecule has 168 valence electrons. The molecule has 0 heterocycles. The molecule has 0 saturated heterocycles. The second kappa shape index (κ2) is 9.55. The summed E-state index contributed by atoms with van der Waals surface area (Å²) in [6.45, 7) is 9.43. The summed E-state index contributed by atoms with van der Waals surface area (Å²) in [6.07, 6.45) is -6.41. The van der Waals surface area contributed by atoms with E-state index in [0.717, 1.165) is 18.2 Å². The van der Waals surface area contributed by atoms with E-state index < -0.39 is 35.1 Å². The number of benzene rings is 1. The number of alkyl carbamates (subject to hydrolysis) is 2. The number of halogens is 4. The molecule has 0 bridgehead atoms. The highest BCUT2D eigenvalue weighted by Crippen LogP contribution is 2.32. The number of ether oxygens (including phenoxy) is 2. The van der Waals surface area contributed by atoms with Crippen LogP contribution in [0.3, 0.4) is 0 Å². The van der Waals surface area contributed by atoms with Gasteiger partial charge in [-0.25, -0.2) is 14.6 Å². The fraction of sp³-hybridized carbons (Fsp3) is 0.526. The molecular weight excluding hydrogens is 427 g/mol. The monoisotopic (exact) mass is 451 g/mol. The summed E-state index contributed by atoms with van der Waals surface area (Å²) < 4.78 is 49.0. The van der Waals surface area contributed by atoms with Crippen LogP contribution in [0.15, 0.2) is 23.2 Å². The smallest absolute Gasteiger partial charge is 0.416 e. The van der Waals surface area contributed by atoms with Crippen LogP contribution in [-0.4, -0.2) is 29.3 Å². The van der Waals surface area contributed by atoms with Gasteiger partial charge in [0.1, 0.15) is 11.2 Å². The number of carbonyl (C=O) groups is 2. The van der Waals surface area contributed by atoms with E-state index in [-0.39, 0.29) is 23.1 Å². The van der Waals surface area contributed by atoms with Gasteiger partial charge in [-0.3, -0.25) is 10.6 Å². The average Bonchev–Trinajstić information content (AvgIpc) is 2.48. The van der Waals surface area contributed by atoms with Crippen molar-refractivity contribution in [3.8, 4) is 0 Å². The molecule has 0 aliphatic carbocycles. The molecule has 30 heavy (non-hydrogen) atoms. The molecule has 0 atom stereocenters. The van der Waals surface area contributed by atoms with E-state index in [0.29, 0.717) is 0 Å². The Kier molecular flexibility index (Phi) is 8.13. The minimum atomic E-state index is -4.56. The molecule has 11 heteroatoms. The van der Waals surface area contributed by atoms with Gasteiger partial charge >= 0.3 is 18.4 Å². The van der Waals surface area contributed by atoms with Crippen LogP contribution in [0, 0.1) is 0 Å². The van der Waals surface area contributed by atoms with Crippen molar-refractivity contribution < 1.29 is 32.2 Å². The number of alkyl halides is 3. The molecule has 0 aliphatic heterocycles. The van der Waals surface area contributed by atoms with Crippen molar-refractivity contribution in [3.63, 3.8) is 0 Å². The lowest BCUT2D eigenvalue weighted by molar-refractivity contribution is -0.137. The zero-order valence-corrected chi connectivity index (χ0v) is 18.3. The number of nitrogens with zero attached hydrogens (tertiary/aromatic N) is 1. The standard InChI is InChI=1S/C19H25ClF3N3O4/c1-17(2,3)29-15(27)25-14(26-16(28)30-18(4,5)6)24-10-11-9-12(19(21,22)23)7-8-13(11)20/h7-9H,10H2,1-6H3,(H2,24,25,26,27,28). The van der Waals surface area contributed by atoms with E-state index in [1.165, 1.54) is 0 Å². The minimum Gasteiger partial charge on any atom is -0.444 e. The number of carbonyl (C=O) groups excluding carboxylic acids is 2. The SMILES string of the molecule is CC(C)(C)OC(=O)NC(=NCc1cc(C(F)(F)F)ccc1Cl)NC(=O)OC(C)(C)C. The molecule has 2 N–H and O–H groups in total. The summed E-state index contributed by atoms with van der Waals surface area (Å²) >= 11 is 5.95. The number of amides is 2. The molecule has 0 saturated carbocycles. The lowest BCUT2D eigenvalue weighted by Gasteiger charge is -2.22. The molecule has 1 rings (SSSR count). The third kappa shape index (κ3) is 9.82. The number of hydrogen-bond acceptors (Lipinski definition) is 5. The van der Waals surface area contributed by atoms with Crippen molar-refractivity contribution >= 4 is 29.7 Å². The van der Waals surface area contributed by atoms with Gasteiger partial charge in [-0.1, -0.05) is 11.6 Å². The zero-order valence-electron chi connectivity index (χ0n) is 17.5. The average molecular weight is 452 g/mol. The second-order valence-electron chi connectivity index (χ2n) is 8.22. The van der Waals surface area contributed by atoms with Crippen LogP contribution in [0.1, 0.15) is 52.7 Å². The second-order valence-corrected chi connectivity index (χ2v) is 8.63. The van der Waals surface area contributed by atoms with Crippen LogP contribution in [0.2, 0.25) is 5.02 Å². The van der Waals surface area contributed by atoms with Crippen molar-refractivity contribution in [2.45, 2.75) is 65.5 Å². The normalized spacial score (nSPS) is 12.1. The first-order chi connectivity index (χ1) is 13.5. The Morgan fingerprint density at radius 2 is 1.43 bits per heavy atom. The largest absolute Gasteiger partial charge is 0.444 e. The summed E-state index contributed by atoms with van der Waals surface area (Å²) in [4.78, 5) is 28.0. The van der Waals surface area contributed by atoms with Crippen molar-refractivity contribution in [3.05, 3.63) is 34.3 Å². The van der Waals surface area contributed by atoms with Gasteiger partial charge in [0.2, 0.25) is 5.96 Å². The molecular formula is C19H25ClF3N3O4. The van der Waals surface area contributed by atoms with Gasteiger partial charge in [0.15, 0.2) is 0 Å². The van der Waals surface area contributed by atoms with E-state index in [2.05, 4.69) is 15.6 Å². The maximum atomic E-state index is 12.9. The number of aliphatic imine (C=N–C) groups is 1. The molecule has 0 aromatic heterocycles.